The second-order valence-corrected chi connectivity index (χ2v) is 4.70. The Morgan fingerprint density at radius 3 is 2.37 bits per heavy atom. The molecule has 0 unspecified atom stereocenters. The van der Waals surface area contributed by atoms with Crippen LogP contribution in [0, 0.1) is 13.8 Å². The summed E-state index contributed by atoms with van der Waals surface area (Å²) in [5.41, 5.74) is 4.18. The number of benzene rings is 2. The van der Waals surface area contributed by atoms with Crippen LogP contribution in [0.15, 0.2) is 57.7 Å². The van der Waals surface area contributed by atoms with Gasteiger partial charge in [0.1, 0.15) is 5.58 Å². The zero-order valence-electron chi connectivity index (χ0n) is 10.9. The Balaban J connectivity index is 2.53. The molecule has 0 fully saturated rings. The van der Waals surface area contributed by atoms with Crippen molar-refractivity contribution in [1.29, 1.82) is 0 Å². The molecule has 0 atom stereocenters. The van der Waals surface area contributed by atoms with Crippen molar-refractivity contribution < 1.29 is 4.42 Å². The van der Waals surface area contributed by atoms with Gasteiger partial charge in [-0.1, -0.05) is 42.5 Å². The third kappa shape index (κ3) is 1.85. The lowest BCUT2D eigenvalue weighted by Crippen LogP contribution is -2.06. The predicted octanol–water partition coefficient (Wildman–Crippen LogP) is 4.08. The van der Waals surface area contributed by atoms with Crippen LogP contribution in [-0.4, -0.2) is 0 Å². The van der Waals surface area contributed by atoms with Crippen LogP contribution >= 0.6 is 0 Å². The molecule has 2 heteroatoms. The summed E-state index contributed by atoms with van der Waals surface area (Å²) in [5, 5.41) is 1.02. The molecule has 1 heterocycles. The average Bonchev–Trinajstić information content (AvgIpc) is 2.42. The lowest BCUT2D eigenvalue weighted by Gasteiger charge is -2.11. The minimum absolute atomic E-state index is 0.267. The normalized spacial score (nSPS) is 10.8. The molecule has 0 aliphatic rings. The first-order valence-corrected chi connectivity index (χ1v) is 6.27. The maximum Gasteiger partial charge on any atom is 0.339 e. The van der Waals surface area contributed by atoms with E-state index in [9.17, 15) is 4.79 Å². The van der Waals surface area contributed by atoms with Gasteiger partial charge >= 0.3 is 5.63 Å². The fourth-order valence-corrected chi connectivity index (χ4v) is 2.48. The standard InChI is InChI=1S/C17H14O2/c1-11-7-6-10-14-15(11)16(12(2)17(18)19-14)13-8-4-3-5-9-13/h3-10H,1-2H3. The van der Waals surface area contributed by atoms with E-state index in [-0.39, 0.29) is 5.63 Å². The van der Waals surface area contributed by atoms with Crippen molar-refractivity contribution in [3.8, 4) is 11.1 Å². The lowest BCUT2D eigenvalue weighted by atomic mass is 9.95. The molecule has 0 saturated carbocycles. The molecule has 0 amide bonds. The summed E-state index contributed by atoms with van der Waals surface area (Å²) in [6, 6.07) is 15.8. The van der Waals surface area contributed by atoms with Gasteiger partial charge in [0.05, 0.1) is 0 Å². The zero-order chi connectivity index (χ0) is 13.4. The Hall–Kier alpha value is -2.35. The molecule has 0 N–H and O–H groups in total. The van der Waals surface area contributed by atoms with Crippen LogP contribution in [0.5, 0.6) is 0 Å². The fourth-order valence-electron chi connectivity index (χ4n) is 2.48. The molecule has 0 bridgehead atoms. The molecule has 3 rings (SSSR count). The Bertz CT molecular complexity index is 799. The summed E-state index contributed by atoms with van der Waals surface area (Å²) >= 11 is 0. The Morgan fingerprint density at radius 1 is 0.895 bits per heavy atom. The van der Waals surface area contributed by atoms with Gasteiger partial charge < -0.3 is 4.42 Å². The van der Waals surface area contributed by atoms with Gasteiger partial charge in [-0.15, -0.1) is 0 Å². The van der Waals surface area contributed by atoms with Gasteiger partial charge in [-0.25, -0.2) is 4.79 Å². The molecule has 2 nitrogen and oxygen atoms in total. The van der Waals surface area contributed by atoms with E-state index in [2.05, 4.69) is 0 Å². The summed E-state index contributed by atoms with van der Waals surface area (Å²) in [6.07, 6.45) is 0. The molecular formula is C17H14O2. The molecular weight excluding hydrogens is 236 g/mol. The third-order valence-corrected chi connectivity index (χ3v) is 3.43. The summed E-state index contributed by atoms with van der Waals surface area (Å²) < 4.78 is 5.38. The minimum atomic E-state index is -0.267. The van der Waals surface area contributed by atoms with Crippen molar-refractivity contribution in [1.82, 2.24) is 0 Å². The van der Waals surface area contributed by atoms with Crippen LogP contribution in [0.4, 0.5) is 0 Å². The van der Waals surface area contributed by atoms with Gasteiger partial charge in [-0.05, 0) is 31.0 Å². The Morgan fingerprint density at radius 2 is 1.63 bits per heavy atom. The van der Waals surface area contributed by atoms with Crippen LogP contribution in [-0.2, 0) is 0 Å². The topological polar surface area (TPSA) is 30.2 Å². The summed E-state index contributed by atoms with van der Waals surface area (Å²) in [7, 11) is 0. The molecule has 94 valence electrons. The first kappa shape index (κ1) is 11.7. The van der Waals surface area contributed by atoms with Gasteiger partial charge in [0.15, 0.2) is 0 Å². The van der Waals surface area contributed by atoms with Gasteiger partial charge in [0, 0.05) is 16.5 Å². The second kappa shape index (κ2) is 4.39. The number of hydrogen-bond donors (Lipinski definition) is 0. The van der Waals surface area contributed by atoms with Gasteiger partial charge in [0.2, 0.25) is 0 Å². The van der Waals surface area contributed by atoms with E-state index in [0.29, 0.717) is 11.1 Å². The maximum atomic E-state index is 12.0. The van der Waals surface area contributed by atoms with Crippen LogP contribution in [0.25, 0.3) is 22.1 Å². The summed E-state index contributed by atoms with van der Waals surface area (Å²) in [6.45, 7) is 3.86. The van der Waals surface area contributed by atoms with Gasteiger partial charge in [-0.3, -0.25) is 0 Å². The molecule has 0 saturated heterocycles. The highest BCUT2D eigenvalue weighted by Gasteiger charge is 2.14. The highest BCUT2D eigenvalue weighted by Crippen LogP contribution is 2.31. The van der Waals surface area contributed by atoms with E-state index in [1.807, 2.05) is 62.4 Å². The second-order valence-electron chi connectivity index (χ2n) is 4.70. The first-order chi connectivity index (χ1) is 9.18. The average molecular weight is 250 g/mol. The van der Waals surface area contributed by atoms with Gasteiger partial charge in [0.25, 0.3) is 0 Å². The monoisotopic (exact) mass is 250 g/mol. The molecule has 3 aromatic rings. The highest BCUT2D eigenvalue weighted by atomic mass is 16.4. The van der Waals surface area contributed by atoms with E-state index in [4.69, 9.17) is 4.42 Å². The van der Waals surface area contributed by atoms with Crippen LogP contribution in [0.1, 0.15) is 11.1 Å². The van der Waals surface area contributed by atoms with Gasteiger partial charge in [-0.2, -0.15) is 0 Å². The molecule has 0 aliphatic carbocycles. The van der Waals surface area contributed by atoms with E-state index < -0.39 is 0 Å². The van der Waals surface area contributed by atoms with Crippen molar-refractivity contribution in [3.05, 3.63) is 70.1 Å². The Labute approximate surface area is 111 Å². The van der Waals surface area contributed by atoms with Crippen LogP contribution in [0.2, 0.25) is 0 Å². The molecule has 19 heavy (non-hydrogen) atoms. The van der Waals surface area contributed by atoms with Crippen molar-refractivity contribution in [3.63, 3.8) is 0 Å². The number of fused-ring (bicyclic) bond motifs is 1. The van der Waals surface area contributed by atoms with Crippen LogP contribution < -0.4 is 5.63 Å². The molecule has 0 radical (unpaired) electrons. The quantitative estimate of drug-likeness (QED) is 0.609. The molecule has 0 spiro atoms. The van der Waals surface area contributed by atoms with Crippen molar-refractivity contribution in [2.45, 2.75) is 13.8 Å². The Kier molecular flexibility index (Phi) is 2.71. The smallest absolute Gasteiger partial charge is 0.339 e. The number of rotatable bonds is 1. The summed E-state index contributed by atoms with van der Waals surface area (Å²) in [5.74, 6) is 0. The largest absolute Gasteiger partial charge is 0.422 e. The first-order valence-electron chi connectivity index (χ1n) is 6.27. The minimum Gasteiger partial charge on any atom is -0.422 e. The number of hydrogen-bond acceptors (Lipinski definition) is 2. The third-order valence-electron chi connectivity index (χ3n) is 3.43. The highest BCUT2D eigenvalue weighted by molar-refractivity contribution is 5.97. The van der Waals surface area contributed by atoms with Crippen molar-refractivity contribution in [2.24, 2.45) is 0 Å². The van der Waals surface area contributed by atoms with Crippen LogP contribution in [0.3, 0.4) is 0 Å². The van der Waals surface area contributed by atoms with E-state index in [1.54, 1.807) is 0 Å². The number of aryl methyl sites for hydroxylation is 1. The molecule has 1 aromatic heterocycles. The molecule has 0 aliphatic heterocycles. The van der Waals surface area contributed by atoms with Crippen molar-refractivity contribution >= 4 is 11.0 Å². The van der Waals surface area contributed by atoms with E-state index in [0.717, 1.165) is 22.1 Å². The maximum absolute atomic E-state index is 12.0. The van der Waals surface area contributed by atoms with E-state index >= 15 is 0 Å². The predicted molar refractivity (Wildman–Crippen MR) is 77.4 cm³/mol. The summed E-state index contributed by atoms with van der Waals surface area (Å²) in [4.78, 5) is 12.0. The lowest BCUT2D eigenvalue weighted by molar-refractivity contribution is 0.555. The SMILES string of the molecule is Cc1c(-c2ccccc2)c2c(C)cccc2oc1=O. The van der Waals surface area contributed by atoms with Crippen molar-refractivity contribution in [2.75, 3.05) is 0 Å². The zero-order valence-corrected chi connectivity index (χ0v) is 10.9. The fraction of sp³-hybridized carbons (Fsp3) is 0.118. The van der Waals surface area contributed by atoms with E-state index in [1.165, 1.54) is 0 Å². The molecule has 2 aromatic carbocycles.